The fraction of sp³-hybridized carbons (Fsp3) is 0.480. The molecule has 9 heteroatoms. The van der Waals surface area contributed by atoms with Gasteiger partial charge in [-0.15, -0.1) is 11.8 Å². The number of anilines is 2. The van der Waals surface area contributed by atoms with Gasteiger partial charge in [-0.2, -0.15) is 0 Å². The smallest absolute Gasteiger partial charge is 0.326 e. The Morgan fingerprint density at radius 1 is 1.06 bits per heavy atom. The Hall–Kier alpha value is -2.62. The van der Waals surface area contributed by atoms with E-state index < -0.39 is 0 Å². The third kappa shape index (κ3) is 5.89. The Balaban J connectivity index is 1.33. The van der Waals surface area contributed by atoms with Gasteiger partial charge in [0, 0.05) is 68.5 Å². The predicted molar refractivity (Wildman–Crippen MR) is 138 cm³/mol. The SMILES string of the molecule is CCN1CCN(CCNC(=O)c2cccc(NC(=O)N3CCSc4nc(C)cc(C)c43)c2)CC1. The molecule has 34 heavy (non-hydrogen) atoms. The molecule has 0 spiro atoms. The van der Waals surface area contributed by atoms with Gasteiger partial charge in [0.2, 0.25) is 0 Å². The highest BCUT2D eigenvalue weighted by Gasteiger charge is 2.26. The normalized spacial score (nSPS) is 16.7. The molecular weight excluding hydrogens is 448 g/mol. The van der Waals surface area contributed by atoms with Crippen molar-refractivity contribution >= 4 is 35.1 Å². The molecule has 8 nitrogen and oxygen atoms in total. The van der Waals surface area contributed by atoms with Gasteiger partial charge in [0.05, 0.1) is 5.69 Å². The number of carbonyl (C=O) groups is 2. The first-order valence-corrected chi connectivity index (χ1v) is 13.0. The van der Waals surface area contributed by atoms with Crippen molar-refractivity contribution in [3.05, 3.63) is 47.2 Å². The number of amides is 3. The predicted octanol–water partition coefficient (Wildman–Crippen LogP) is 3.21. The summed E-state index contributed by atoms with van der Waals surface area (Å²) in [6.45, 7) is 13.6. The fourth-order valence-corrected chi connectivity index (χ4v) is 5.54. The van der Waals surface area contributed by atoms with E-state index in [9.17, 15) is 9.59 Å². The monoisotopic (exact) mass is 482 g/mol. The third-order valence-electron chi connectivity index (χ3n) is 6.35. The van der Waals surface area contributed by atoms with E-state index in [2.05, 4.69) is 32.3 Å². The molecule has 1 saturated heterocycles. The van der Waals surface area contributed by atoms with E-state index >= 15 is 0 Å². The number of nitrogens with zero attached hydrogens (tertiary/aromatic N) is 4. The maximum Gasteiger partial charge on any atom is 0.326 e. The van der Waals surface area contributed by atoms with Crippen LogP contribution in [0.15, 0.2) is 35.4 Å². The summed E-state index contributed by atoms with van der Waals surface area (Å²) in [6.07, 6.45) is 0. The topological polar surface area (TPSA) is 80.8 Å². The standard InChI is InChI=1S/C25H34N6O2S/c1-4-29-10-12-30(13-11-29)9-8-26-23(32)20-6-5-7-21(17-20)28-25(33)31-14-15-34-24-22(31)18(2)16-19(3)27-24/h5-7,16-17H,4,8-15H2,1-3H3,(H,26,32)(H,28,33). The summed E-state index contributed by atoms with van der Waals surface area (Å²) in [7, 11) is 0. The van der Waals surface area contributed by atoms with Gasteiger partial charge in [0.15, 0.2) is 0 Å². The number of hydrogen-bond acceptors (Lipinski definition) is 6. The summed E-state index contributed by atoms with van der Waals surface area (Å²) in [6, 6.07) is 8.90. The molecule has 1 aromatic heterocycles. The molecule has 0 atom stereocenters. The zero-order valence-corrected chi connectivity index (χ0v) is 21.1. The summed E-state index contributed by atoms with van der Waals surface area (Å²) in [4.78, 5) is 37.0. The molecule has 0 radical (unpaired) electrons. The molecule has 4 rings (SSSR count). The summed E-state index contributed by atoms with van der Waals surface area (Å²) >= 11 is 1.68. The number of aromatic nitrogens is 1. The number of aryl methyl sites for hydroxylation is 2. The molecule has 182 valence electrons. The number of fused-ring (bicyclic) bond motifs is 1. The number of benzene rings is 1. The van der Waals surface area contributed by atoms with E-state index in [-0.39, 0.29) is 11.9 Å². The Labute approximate surface area is 206 Å². The van der Waals surface area contributed by atoms with Gasteiger partial charge in [0.25, 0.3) is 5.91 Å². The second-order valence-corrected chi connectivity index (χ2v) is 9.86. The van der Waals surface area contributed by atoms with Crippen LogP contribution in [0.25, 0.3) is 0 Å². The fourth-order valence-electron chi connectivity index (χ4n) is 4.46. The number of pyridine rings is 1. The third-order valence-corrected chi connectivity index (χ3v) is 7.29. The van der Waals surface area contributed by atoms with Crippen molar-refractivity contribution in [1.29, 1.82) is 0 Å². The molecule has 2 N–H and O–H groups in total. The molecule has 0 saturated carbocycles. The molecule has 2 aliphatic rings. The van der Waals surface area contributed by atoms with Gasteiger partial charge in [-0.3, -0.25) is 14.6 Å². The zero-order valence-electron chi connectivity index (χ0n) is 20.3. The molecule has 0 bridgehead atoms. The van der Waals surface area contributed by atoms with Crippen LogP contribution in [0.5, 0.6) is 0 Å². The summed E-state index contributed by atoms with van der Waals surface area (Å²) in [5.74, 6) is 0.672. The molecule has 3 amide bonds. The molecule has 3 heterocycles. The first-order chi connectivity index (χ1) is 16.4. The van der Waals surface area contributed by atoms with Crippen molar-refractivity contribution < 1.29 is 9.59 Å². The number of piperazine rings is 1. The van der Waals surface area contributed by atoms with Crippen LogP contribution >= 0.6 is 11.8 Å². The quantitative estimate of drug-likeness (QED) is 0.658. The lowest BCUT2D eigenvalue weighted by Gasteiger charge is -2.33. The lowest BCUT2D eigenvalue weighted by atomic mass is 10.2. The highest BCUT2D eigenvalue weighted by Crippen LogP contribution is 2.36. The lowest BCUT2D eigenvalue weighted by molar-refractivity contribution is 0.0938. The Morgan fingerprint density at radius 2 is 1.82 bits per heavy atom. The summed E-state index contributed by atoms with van der Waals surface area (Å²) in [5.41, 5.74) is 4.00. The number of carbonyl (C=O) groups excluding carboxylic acids is 2. The van der Waals surface area contributed by atoms with Crippen molar-refractivity contribution in [1.82, 2.24) is 20.1 Å². The molecule has 2 aromatic rings. The van der Waals surface area contributed by atoms with Crippen molar-refractivity contribution in [3.8, 4) is 0 Å². The number of rotatable bonds is 6. The number of hydrogen-bond donors (Lipinski definition) is 2. The minimum absolute atomic E-state index is 0.126. The maximum absolute atomic E-state index is 13.1. The highest BCUT2D eigenvalue weighted by molar-refractivity contribution is 7.99. The van der Waals surface area contributed by atoms with Gasteiger partial charge in [-0.25, -0.2) is 9.78 Å². The maximum atomic E-state index is 13.1. The van der Waals surface area contributed by atoms with E-state index in [0.29, 0.717) is 24.3 Å². The van der Waals surface area contributed by atoms with E-state index in [1.165, 1.54) is 0 Å². The van der Waals surface area contributed by atoms with Crippen molar-refractivity contribution in [3.63, 3.8) is 0 Å². The van der Waals surface area contributed by atoms with Crippen LogP contribution in [0.4, 0.5) is 16.2 Å². The van der Waals surface area contributed by atoms with Gasteiger partial charge in [-0.1, -0.05) is 13.0 Å². The van der Waals surface area contributed by atoms with Crippen LogP contribution in [0, 0.1) is 13.8 Å². The molecule has 2 aliphatic heterocycles. The van der Waals surface area contributed by atoms with E-state index in [4.69, 9.17) is 0 Å². The molecule has 1 fully saturated rings. The Kier molecular flexibility index (Phi) is 8.07. The van der Waals surface area contributed by atoms with Gasteiger partial charge >= 0.3 is 6.03 Å². The summed E-state index contributed by atoms with van der Waals surface area (Å²) in [5, 5.41) is 6.87. The Bertz CT molecular complexity index is 1040. The minimum atomic E-state index is -0.209. The number of likely N-dealkylation sites (N-methyl/N-ethyl adjacent to an activating group) is 1. The second kappa shape index (κ2) is 11.2. The van der Waals surface area contributed by atoms with E-state index in [1.54, 1.807) is 34.9 Å². The lowest BCUT2D eigenvalue weighted by Crippen LogP contribution is -2.48. The Morgan fingerprint density at radius 3 is 2.59 bits per heavy atom. The first kappa shape index (κ1) is 24.5. The minimum Gasteiger partial charge on any atom is -0.351 e. The molecule has 1 aromatic carbocycles. The summed E-state index contributed by atoms with van der Waals surface area (Å²) < 4.78 is 0. The number of nitrogens with one attached hydrogen (secondary N) is 2. The second-order valence-electron chi connectivity index (χ2n) is 8.78. The molecule has 0 unspecified atom stereocenters. The van der Waals surface area contributed by atoms with Gasteiger partial charge in [0.1, 0.15) is 5.03 Å². The first-order valence-electron chi connectivity index (χ1n) is 12.0. The van der Waals surface area contributed by atoms with Crippen molar-refractivity contribution in [2.24, 2.45) is 0 Å². The van der Waals surface area contributed by atoms with Crippen LogP contribution in [0.3, 0.4) is 0 Å². The van der Waals surface area contributed by atoms with E-state index in [0.717, 1.165) is 67.0 Å². The molecular formula is C25H34N6O2S. The number of thioether (sulfide) groups is 1. The van der Waals surface area contributed by atoms with Gasteiger partial charge in [-0.05, 0) is 50.2 Å². The van der Waals surface area contributed by atoms with Crippen LogP contribution < -0.4 is 15.5 Å². The van der Waals surface area contributed by atoms with Crippen molar-refractivity contribution in [2.45, 2.75) is 25.8 Å². The average molecular weight is 483 g/mol. The van der Waals surface area contributed by atoms with Crippen LogP contribution in [0.1, 0.15) is 28.5 Å². The zero-order chi connectivity index (χ0) is 24.1. The largest absolute Gasteiger partial charge is 0.351 e. The average Bonchev–Trinajstić information content (AvgIpc) is 2.84. The van der Waals surface area contributed by atoms with Gasteiger partial charge < -0.3 is 15.5 Å². The highest BCUT2D eigenvalue weighted by atomic mass is 32.2. The van der Waals surface area contributed by atoms with Crippen LogP contribution in [-0.2, 0) is 0 Å². The van der Waals surface area contributed by atoms with Crippen molar-refractivity contribution in [2.75, 3.05) is 68.3 Å². The molecule has 0 aliphatic carbocycles. The van der Waals surface area contributed by atoms with Crippen LogP contribution in [0.2, 0.25) is 0 Å². The van der Waals surface area contributed by atoms with Crippen LogP contribution in [-0.4, -0.2) is 84.8 Å². The number of urea groups is 1. The van der Waals surface area contributed by atoms with E-state index in [1.807, 2.05) is 26.0 Å².